The third kappa shape index (κ3) is 7.50. The number of thioether (sulfide) groups is 1. The zero-order valence-electron chi connectivity index (χ0n) is 20.1. The molecule has 0 radical (unpaired) electrons. The number of aliphatic hydroxyl groups excluding tert-OH is 1. The summed E-state index contributed by atoms with van der Waals surface area (Å²) in [7, 11) is 0. The van der Waals surface area contributed by atoms with Crippen molar-refractivity contribution in [3.05, 3.63) is 101 Å². The molecule has 0 aliphatic rings. The molecule has 6 nitrogen and oxygen atoms in total. The predicted octanol–water partition coefficient (Wildman–Crippen LogP) is 6.37. The Labute approximate surface area is 216 Å². The molecular formula is C27H26F3N3O3S. The van der Waals surface area contributed by atoms with Crippen molar-refractivity contribution in [3.8, 4) is 5.75 Å². The van der Waals surface area contributed by atoms with Gasteiger partial charge in [-0.1, -0.05) is 18.2 Å². The Bertz CT molecular complexity index is 1330. The Morgan fingerprint density at radius 1 is 1.14 bits per heavy atom. The molecule has 1 N–H and O–H groups in total. The lowest BCUT2D eigenvalue weighted by molar-refractivity contribution is -0.137. The van der Waals surface area contributed by atoms with E-state index in [4.69, 9.17) is 9.15 Å². The summed E-state index contributed by atoms with van der Waals surface area (Å²) in [6.07, 6.45) is 3.94. The second-order valence-electron chi connectivity index (χ2n) is 8.25. The maximum atomic E-state index is 12.7. The SMILES string of the molecule is Cc1cc(OCc2coc(/C=C/c3ccc(C(F)(F)F)cc3)n2)ccc1CSCCn1ccnc1CO. The van der Waals surface area contributed by atoms with Crippen molar-refractivity contribution < 1.29 is 27.4 Å². The molecule has 2 heterocycles. The molecule has 2 aromatic heterocycles. The Balaban J connectivity index is 1.24. The molecule has 0 bridgehead atoms. The largest absolute Gasteiger partial charge is 0.487 e. The van der Waals surface area contributed by atoms with E-state index in [-0.39, 0.29) is 13.2 Å². The normalized spacial score (nSPS) is 11.9. The molecule has 0 aliphatic heterocycles. The Hall–Kier alpha value is -3.50. The van der Waals surface area contributed by atoms with Crippen molar-refractivity contribution in [2.75, 3.05) is 5.75 Å². The summed E-state index contributed by atoms with van der Waals surface area (Å²) in [5, 5.41) is 9.27. The molecule has 0 saturated heterocycles. The van der Waals surface area contributed by atoms with Crippen LogP contribution >= 0.6 is 11.8 Å². The van der Waals surface area contributed by atoms with Crippen molar-refractivity contribution in [1.82, 2.24) is 14.5 Å². The third-order valence-corrected chi connectivity index (χ3v) is 6.59. The number of hydrogen-bond donors (Lipinski definition) is 1. The van der Waals surface area contributed by atoms with Gasteiger partial charge in [-0.3, -0.25) is 0 Å². The first-order valence-electron chi connectivity index (χ1n) is 11.5. The van der Waals surface area contributed by atoms with E-state index >= 15 is 0 Å². The Kier molecular flexibility index (Phi) is 8.73. The number of alkyl halides is 3. The number of nitrogens with zero attached hydrogens (tertiary/aromatic N) is 3. The van der Waals surface area contributed by atoms with Crippen LogP contribution in [0.3, 0.4) is 0 Å². The van der Waals surface area contributed by atoms with Gasteiger partial charge >= 0.3 is 6.18 Å². The molecular weight excluding hydrogens is 503 g/mol. The lowest BCUT2D eigenvalue weighted by Crippen LogP contribution is -2.05. The maximum absolute atomic E-state index is 12.7. The van der Waals surface area contributed by atoms with Crippen LogP contribution in [0.15, 0.2) is 65.5 Å². The molecule has 0 amide bonds. The van der Waals surface area contributed by atoms with Gasteiger partial charge in [-0.25, -0.2) is 9.97 Å². The number of hydrogen-bond acceptors (Lipinski definition) is 6. The molecule has 2 aromatic carbocycles. The number of imidazole rings is 1. The minimum atomic E-state index is -4.36. The summed E-state index contributed by atoms with van der Waals surface area (Å²) in [5.41, 5.74) is 2.87. The topological polar surface area (TPSA) is 73.3 Å². The molecule has 0 atom stereocenters. The van der Waals surface area contributed by atoms with Crippen molar-refractivity contribution >= 4 is 23.9 Å². The van der Waals surface area contributed by atoms with Gasteiger partial charge in [0, 0.05) is 36.5 Å². The van der Waals surface area contributed by atoms with Crippen LogP contribution in [0.2, 0.25) is 0 Å². The molecule has 4 rings (SSSR count). The Morgan fingerprint density at radius 3 is 2.68 bits per heavy atom. The van der Waals surface area contributed by atoms with Crippen molar-refractivity contribution in [1.29, 1.82) is 0 Å². The van der Waals surface area contributed by atoms with E-state index in [0.29, 0.717) is 23.0 Å². The summed E-state index contributed by atoms with van der Waals surface area (Å²) in [4.78, 5) is 8.45. The van der Waals surface area contributed by atoms with Crippen molar-refractivity contribution in [2.45, 2.75) is 38.6 Å². The zero-order valence-corrected chi connectivity index (χ0v) is 20.9. The summed E-state index contributed by atoms with van der Waals surface area (Å²) < 4.78 is 51.2. The van der Waals surface area contributed by atoms with Gasteiger partial charge < -0.3 is 18.8 Å². The number of aromatic nitrogens is 3. The van der Waals surface area contributed by atoms with Crippen LogP contribution in [0.25, 0.3) is 12.2 Å². The molecule has 194 valence electrons. The fourth-order valence-corrected chi connectivity index (χ4v) is 4.55. The first-order valence-corrected chi connectivity index (χ1v) is 12.7. The van der Waals surface area contributed by atoms with E-state index in [0.717, 1.165) is 41.5 Å². The van der Waals surface area contributed by atoms with E-state index in [2.05, 4.69) is 16.0 Å². The van der Waals surface area contributed by atoms with Gasteiger partial charge in [0.05, 0.1) is 5.56 Å². The number of oxazole rings is 1. The Morgan fingerprint density at radius 2 is 1.95 bits per heavy atom. The summed E-state index contributed by atoms with van der Waals surface area (Å²) >= 11 is 1.81. The third-order valence-electron chi connectivity index (χ3n) is 5.60. The molecule has 0 unspecified atom stereocenters. The number of benzene rings is 2. The molecule has 37 heavy (non-hydrogen) atoms. The predicted molar refractivity (Wildman–Crippen MR) is 137 cm³/mol. The number of ether oxygens (including phenoxy) is 1. The number of rotatable bonds is 11. The molecule has 4 aromatic rings. The fraction of sp³-hybridized carbons (Fsp3) is 0.259. The van der Waals surface area contributed by atoms with E-state index in [1.807, 2.05) is 41.6 Å². The van der Waals surface area contributed by atoms with E-state index in [9.17, 15) is 18.3 Å². The van der Waals surface area contributed by atoms with Crippen LogP contribution in [0.5, 0.6) is 5.75 Å². The standard InChI is InChI=1S/C27H26F3N3O3S/c1-19-14-24(8-5-21(19)18-37-13-12-33-11-10-31-25(33)15-34)35-16-23-17-36-26(32-23)9-4-20-2-6-22(7-3-20)27(28,29)30/h2-11,14,17,34H,12-13,15-16,18H2,1H3/b9-4+. The molecule has 10 heteroatoms. The summed E-state index contributed by atoms with van der Waals surface area (Å²) in [6.45, 7) is 3.00. The van der Waals surface area contributed by atoms with E-state index < -0.39 is 11.7 Å². The monoisotopic (exact) mass is 529 g/mol. The summed E-state index contributed by atoms with van der Waals surface area (Å²) in [5.74, 6) is 3.51. The number of aliphatic hydroxyl groups is 1. The van der Waals surface area contributed by atoms with Gasteiger partial charge in [0.25, 0.3) is 0 Å². The highest BCUT2D eigenvalue weighted by Gasteiger charge is 2.29. The van der Waals surface area contributed by atoms with Gasteiger partial charge in [0.15, 0.2) is 0 Å². The van der Waals surface area contributed by atoms with Gasteiger partial charge in [0.2, 0.25) is 5.89 Å². The van der Waals surface area contributed by atoms with Crippen LogP contribution in [0.1, 0.15) is 39.7 Å². The van der Waals surface area contributed by atoms with Crippen LogP contribution in [-0.2, 0) is 31.7 Å². The average Bonchev–Trinajstić information content (AvgIpc) is 3.54. The fourth-order valence-electron chi connectivity index (χ4n) is 3.53. The highest BCUT2D eigenvalue weighted by atomic mass is 32.2. The second-order valence-corrected chi connectivity index (χ2v) is 9.36. The van der Waals surface area contributed by atoms with E-state index in [1.54, 1.807) is 18.3 Å². The quantitative estimate of drug-likeness (QED) is 0.228. The van der Waals surface area contributed by atoms with Crippen LogP contribution < -0.4 is 4.74 Å². The highest BCUT2D eigenvalue weighted by Crippen LogP contribution is 2.29. The minimum absolute atomic E-state index is 0.0622. The highest BCUT2D eigenvalue weighted by molar-refractivity contribution is 7.98. The van der Waals surface area contributed by atoms with Crippen LogP contribution in [0.4, 0.5) is 13.2 Å². The lowest BCUT2D eigenvalue weighted by atomic mass is 10.1. The molecule has 0 fully saturated rings. The maximum Gasteiger partial charge on any atom is 0.416 e. The van der Waals surface area contributed by atoms with E-state index in [1.165, 1.54) is 24.0 Å². The zero-order chi connectivity index (χ0) is 26.3. The smallest absolute Gasteiger partial charge is 0.416 e. The lowest BCUT2D eigenvalue weighted by Gasteiger charge is -2.10. The van der Waals surface area contributed by atoms with Crippen LogP contribution in [-0.4, -0.2) is 25.4 Å². The minimum Gasteiger partial charge on any atom is -0.487 e. The first kappa shape index (κ1) is 26.6. The average molecular weight is 530 g/mol. The number of aryl methyl sites for hydroxylation is 2. The summed E-state index contributed by atoms with van der Waals surface area (Å²) in [6, 6.07) is 10.8. The molecule has 0 saturated carbocycles. The van der Waals surface area contributed by atoms with Gasteiger partial charge in [-0.2, -0.15) is 24.9 Å². The first-order chi connectivity index (χ1) is 17.8. The molecule has 0 spiro atoms. The van der Waals surface area contributed by atoms with Crippen molar-refractivity contribution in [3.63, 3.8) is 0 Å². The van der Waals surface area contributed by atoms with Gasteiger partial charge in [-0.15, -0.1) is 0 Å². The molecule has 0 aliphatic carbocycles. The number of halogens is 3. The second kappa shape index (κ2) is 12.2. The van der Waals surface area contributed by atoms with Gasteiger partial charge in [0.1, 0.15) is 36.7 Å². The van der Waals surface area contributed by atoms with Crippen LogP contribution in [0, 0.1) is 6.92 Å². The van der Waals surface area contributed by atoms with Gasteiger partial charge in [-0.05, 0) is 54.0 Å². The van der Waals surface area contributed by atoms with Crippen molar-refractivity contribution in [2.24, 2.45) is 0 Å².